The molecule has 1 aromatic rings. The lowest BCUT2D eigenvalue weighted by atomic mass is 10.5. The average Bonchev–Trinajstić information content (AvgIpc) is 2.15. The Morgan fingerprint density at radius 1 is 1.19 bits per heavy atom. The van der Waals surface area contributed by atoms with Crippen molar-refractivity contribution >= 4 is 16.1 Å². The fraction of sp³-hybridized carbons (Fsp3) is 0.333. The van der Waals surface area contributed by atoms with Crippen molar-refractivity contribution in [2.45, 2.75) is 0 Å². The van der Waals surface area contributed by atoms with E-state index in [1.807, 2.05) is 18.2 Å². The summed E-state index contributed by atoms with van der Waals surface area (Å²) < 4.78 is 27.4. The van der Waals surface area contributed by atoms with E-state index < -0.39 is 10.1 Å². The Morgan fingerprint density at radius 2 is 1.56 bits per heavy atom. The van der Waals surface area contributed by atoms with Gasteiger partial charge < -0.3 is 0 Å². The number of carbonyl (C=O) groups excluding carboxylic acids is 1. The Kier molecular flexibility index (Phi) is 5.62. The average molecular weight is 247 g/mol. The maximum absolute atomic E-state index is 11.2. The number of rotatable bonds is 0. The van der Waals surface area contributed by atoms with Crippen LogP contribution in [0.3, 0.4) is 0 Å². The SMILES string of the molecule is CN(C)C(=O)[n+]1ccccc1.CS(=O)(=O)O. The van der Waals surface area contributed by atoms with E-state index in [4.69, 9.17) is 4.55 Å². The molecule has 16 heavy (non-hydrogen) atoms. The standard InChI is InChI=1S/C8H11N2O.CH4O3S/c1-9(2)8(11)10-6-4-3-5-7-10;1-5(2,3)4/h3-7H,1-2H3;1H3,(H,2,3,4)/q+1;. The second-order valence-electron chi connectivity index (χ2n) is 3.19. The summed E-state index contributed by atoms with van der Waals surface area (Å²) in [6.45, 7) is 0. The highest BCUT2D eigenvalue weighted by molar-refractivity contribution is 7.85. The molecule has 1 amide bonds. The number of carbonyl (C=O) groups is 1. The van der Waals surface area contributed by atoms with E-state index in [1.165, 1.54) is 9.47 Å². The minimum absolute atomic E-state index is 0.0365. The molecular formula is C9H15N2O4S+. The summed E-state index contributed by atoms with van der Waals surface area (Å²) in [4.78, 5) is 12.8. The van der Waals surface area contributed by atoms with Gasteiger partial charge in [-0.15, -0.1) is 0 Å². The van der Waals surface area contributed by atoms with Gasteiger partial charge in [-0.3, -0.25) is 4.55 Å². The Labute approximate surface area is 94.9 Å². The lowest BCUT2D eigenvalue weighted by Crippen LogP contribution is -2.48. The Morgan fingerprint density at radius 3 is 1.88 bits per heavy atom. The molecule has 1 heterocycles. The van der Waals surface area contributed by atoms with Crippen molar-refractivity contribution in [3.8, 4) is 0 Å². The van der Waals surface area contributed by atoms with Crippen molar-refractivity contribution in [2.75, 3.05) is 20.4 Å². The predicted molar refractivity (Wildman–Crippen MR) is 58.6 cm³/mol. The molecule has 7 heteroatoms. The van der Waals surface area contributed by atoms with Gasteiger partial charge in [0, 0.05) is 0 Å². The van der Waals surface area contributed by atoms with Crippen LogP contribution in [0.4, 0.5) is 4.79 Å². The second kappa shape index (κ2) is 6.19. The predicted octanol–water partition coefficient (Wildman–Crippen LogP) is 0.00780. The summed E-state index contributed by atoms with van der Waals surface area (Å²) in [5, 5.41) is 0. The van der Waals surface area contributed by atoms with E-state index >= 15 is 0 Å². The second-order valence-corrected chi connectivity index (χ2v) is 4.66. The molecule has 0 fully saturated rings. The summed E-state index contributed by atoms with van der Waals surface area (Å²) in [6.07, 6.45) is 4.16. The van der Waals surface area contributed by atoms with Crippen molar-refractivity contribution < 1.29 is 22.3 Å². The molecule has 0 aliphatic carbocycles. The molecule has 0 aliphatic heterocycles. The minimum atomic E-state index is -3.67. The highest BCUT2D eigenvalue weighted by atomic mass is 32.2. The van der Waals surface area contributed by atoms with Gasteiger partial charge in [0.05, 0.1) is 32.7 Å². The third-order valence-corrected chi connectivity index (χ3v) is 1.32. The van der Waals surface area contributed by atoms with Gasteiger partial charge in [0.15, 0.2) is 0 Å². The van der Waals surface area contributed by atoms with Crippen molar-refractivity contribution in [3.63, 3.8) is 0 Å². The van der Waals surface area contributed by atoms with Crippen LogP contribution < -0.4 is 4.57 Å². The van der Waals surface area contributed by atoms with Crippen LogP contribution in [-0.2, 0) is 10.1 Å². The Bertz CT molecular complexity index is 420. The first-order valence-electron chi connectivity index (χ1n) is 4.32. The van der Waals surface area contributed by atoms with Crippen molar-refractivity contribution in [1.29, 1.82) is 0 Å². The van der Waals surface area contributed by atoms with Crippen molar-refractivity contribution in [2.24, 2.45) is 0 Å². The number of hydrogen-bond acceptors (Lipinski definition) is 3. The molecular weight excluding hydrogens is 232 g/mol. The smallest absolute Gasteiger partial charge is 0.286 e. The van der Waals surface area contributed by atoms with E-state index in [-0.39, 0.29) is 6.03 Å². The van der Waals surface area contributed by atoms with Gasteiger partial charge in [-0.2, -0.15) is 17.8 Å². The van der Waals surface area contributed by atoms with E-state index in [9.17, 15) is 13.2 Å². The Hall–Kier alpha value is -1.47. The summed E-state index contributed by atoms with van der Waals surface area (Å²) in [5.41, 5.74) is 0. The quantitative estimate of drug-likeness (QED) is 0.517. The van der Waals surface area contributed by atoms with E-state index in [2.05, 4.69) is 0 Å². The molecule has 0 spiro atoms. The number of pyridine rings is 1. The van der Waals surface area contributed by atoms with Crippen LogP contribution in [0.1, 0.15) is 0 Å². The van der Waals surface area contributed by atoms with Crippen LogP contribution >= 0.6 is 0 Å². The molecule has 0 saturated carbocycles. The zero-order valence-electron chi connectivity index (χ0n) is 9.36. The highest BCUT2D eigenvalue weighted by Crippen LogP contribution is 1.80. The summed E-state index contributed by atoms with van der Waals surface area (Å²) in [5.74, 6) is 0. The lowest BCUT2D eigenvalue weighted by molar-refractivity contribution is -0.577. The largest absolute Gasteiger partial charge is 0.497 e. The molecule has 0 aromatic carbocycles. The fourth-order valence-corrected chi connectivity index (χ4v) is 0.757. The topological polar surface area (TPSA) is 78.6 Å². The maximum atomic E-state index is 11.2. The minimum Gasteiger partial charge on any atom is -0.286 e. The third-order valence-electron chi connectivity index (χ3n) is 1.32. The van der Waals surface area contributed by atoms with Gasteiger partial charge in [-0.25, -0.2) is 4.90 Å². The first kappa shape index (κ1) is 14.5. The maximum Gasteiger partial charge on any atom is 0.497 e. The molecule has 0 aliphatic rings. The van der Waals surface area contributed by atoms with Crippen molar-refractivity contribution in [1.82, 2.24) is 4.90 Å². The summed E-state index contributed by atoms with van der Waals surface area (Å²) in [6, 6.07) is 5.48. The highest BCUT2D eigenvalue weighted by Gasteiger charge is 2.13. The third kappa shape index (κ3) is 7.89. The molecule has 0 bridgehead atoms. The molecule has 1 aromatic heterocycles. The fourth-order valence-electron chi connectivity index (χ4n) is 0.757. The Balaban J connectivity index is 0.000000385. The van der Waals surface area contributed by atoms with Crippen LogP contribution in [0.2, 0.25) is 0 Å². The van der Waals surface area contributed by atoms with Gasteiger partial charge in [0.1, 0.15) is 0 Å². The van der Waals surface area contributed by atoms with Crippen LogP contribution in [-0.4, -0.2) is 44.3 Å². The van der Waals surface area contributed by atoms with Gasteiger partial charge in [0.25, 0.3) is 10.1 Å². The van der Waals surface area contributed by atoms with Crippen LogP contribution in [0.5, 0.6) is 0 Å². The monoisotopic (exact) mass is 247 g/mol. The molecule has 90 valence electrons. The first-order valence-corrected chi connectivity index (χ1v) is 6.17. The number of hydrogen-bond donors (Lipinski definition) is 1. The molecule has 1 N–H and O–H groups in total. The van der Waals surface area contributed by atoms with E-state index in [0.717, 1.165) is 0 Å². The van der Waals surface area contributed by atoms with Gasteiger partial charge in [-0.05, 0) is 12.1 Å². The molecule has 0 unspecified atom stereocenters. The lowest BCUT2D eigenvalue weighted by Gasteiger charge is -2.01. The number of nitrogens with zero attached hydrogens (tertiary/aromatic N) is 2. The summed E-state index contributed by atoms with van der Waals surface area (Å²) in [7, 11) is -0.218. The van der Waals surface area contributed by atoms with Crippen molar-refractivity contribution in [3.05, 3.63) is 30.6 Å². The number of aromatic nitrogens is 1. The number of amides is 1. The first-order chi connectivity index (χ1) is 7.22. The van der Waals surface area contributed by atoms with E-state index in [0.29, 0.717) is 6.26 Å². The van der Waals surface area contributed by atoms with Gasteiger partial charge in [0.2, 0.25) is 0 Å². The van der Waals surface area contributed by atoms with Crippen LogP contribution in [0.15, 0.2) is 30.6 Å². The summed E-state index contributed by atoms with van der Waals surface area (Å²) >= 11 is 0. The van der Waals surface area contributed by atoms with E-state index in [1.54, 1.807) is 26.5 Å². The van der Waals surface area contributed by atoms with Gasteiger partial charge in [-0.1, -0.05) is 6.07 Å². The normalized spacial score (nSPS) is 10.0. The van der Waals surface area contributed by atoms with Crippen LogP contribution in [0.25, 0.3) is 0 Å². The molecule has 1 rings (SSSR count). The van der Waals surface area contributed by atoms with Crippen LogP contribution in [0, 0.1) is 0 Å². The molecule has 6 nitrogen and oxygen atoms in total. The molecule has 0 saturated heterocycles. The zero-order chi connectivity index (χ0) is 12.8. The zero-order valence-corrected chi connectivity index (χ0v) is 10.2. The van der Waals surface area contributed by atoms with Gasteiger partial charge >= 0.3 is 6.03 Å². The molecule has 0 atom stereocenters. The molecule has 0 radical (unpaired) electrons.